The molecule has 1 aliphatic rings. The summed E-state index contributed by atoms with van der Waals surface area (Å²) in [6.45, 7) is 26.0. The summed E-state index contributed by atoms with van der Waals surface area (Å²) in [5.41, 5.74) is 4.91. The number of carbonyl (C=O) groups is 1. The van der Waals surface area contributed by atoms with Crippen LogP contribution in [0.4, 0.5) is 0 Å². The van der Waals surface area contributed by atoms with Crippen molar-refractivity contribution in [3.05, 3.63) is 89.8 Å². The molecule has 0 saturated heterocycles. The summed E-state index contributed by atoms with van der Waals surface area (Å²) >= 11 is 1.91. The first-order valence-corrected chi connectivity index (χ1v) is 20.1. The van der Waals surface area contributed by atoms with Crippen molar-refractivity contribution in [1.29, 1.82) is 0 Å². The van der Waals surface area contributed by atoms with Crippen LogP contribution in [0.15, 0.2) is 82.4 Å². The first-order chi connectivity index (χ1) is 24.4. The quantitative estimate of drug-likeness (QED) is 0.0680. The van der Waals surface area contributed by atoms with Gasteiger partial charge in [-0.05, 0) is 93.5 Å². The molecule has 0 spiro atoms. The number of ketones is 1. The van der Waals surface area contributed by atoms with Gasteiger partial charge in [0.25, 0.3) is 0 Å². The standard InChI is InChI=1S/C33H32NS.C15H28O2.Ir/c1-32(2,3)18-20-11-12-22-17-28-29-24(25(22)15-20)13-14-34-30(29)26-16-21-9-7-8-10-23(21)27(31(26)35-28)19-33(4,5)6;1-7-14(5,8-2)12(16)11-13(17)15(6,9-3)10-4;/h7-15,17H,18-19H2,1-6H3;11,16H,7-10H2,1-6H3;/q-1;;/b;12-11-;. The first-order valence-electron chi connectivity index (χ1n) is 19.3. The van der Waals surface area contributed by atoms with Gasteiger partial charge >= 0.3 is 0 Å². The number of hydrogen-bond donors (Lipinski definition) is 1. The Hall–Kier alpha value is -2.98. The predicted molar refractivity (Wildman–Crippen MR) is 225 cm³/mol. The fraction of sp³-hybridized carbons (Fsp3) is 0.458. The minimum Gasteiger partial charge on any atom is -0.512 e. The summed E-state index contributed by atoms with van der Waals surface area (Å²) in [6, 6.07) is 24.1. The number of pyridine rings is 1. The van der Waals surface area contributed by atoms with E-state index in [-0.39, 0.29) is 53.3 Å². The van der Waals surface area contributed by atoms with E-state index in [9.17, 15) is 9.90 Å². The van der Waals surface area contributed by atoms with E-state index in [4.69, 9.17) is 4.98 Å². The molecule has 1 N–H and O–H groups in total. The van der Waals surface area contributed by atoms with Crippen LogP contribution in [0, 0.1) is 27.7 Å². The Kier molecular flexibility index (Phi) is 13.2. The number of fused-ring (bicyclic) bond motifs is 5. The molecule has 0 atom stereocenters. The molecule has 1 radical (unpaired) electrons. The van der Waals surface area contributed by atoms with E-state index < -0.39 is 0 Å². The molecular formula is C48H60IrNO2S-. The molecule has 0 amide bonds. The molecule has 0 saturated carbocycles. The van der Waals surface area contributed by atoms with Crippen molar-refractivity contribution in [3.8, 4) is 11.3 Å². The zero-order valence-electron chi connectivity index (χ0n) is 34.1. The van der Waals surface area contributed by atoms with Crippen LogP contribution in [-0.4, -0.2) is 15.9 Å². The second-order valence-electron chi connectivity index (χ2n) is 17.9. The van der Waals surface area contributed by atoms with Gasteiger partial charge in [0.15, 0.2) is 5.78 Å². The van der Waals surface area contributed by atoms with Crippen molar-refractivity contribution >= 4 is 49.9 Å². The van der Waals surface area contributed by atoms with E-state index in [0.29, 0.717) is 0 Å². The minimum atomic E-state index is -0.337. The van der Waals surface area contributed by atoms with Gasteiger partial charge in [-0.25, -0.2) is 0 Å². The third-order valence-corrected chi connectivity index (χ3v) is 12.6. The summed E-state index contributed by atoms with van der Waals surface area (Å²) < 4.78 is 0. The zero-order chi connectivity index (χ0) is 38.2. The van der Waals surface area contributed by atoms with E-state index in [1.165, 1.54) is 59.3 Å². The van der Waals surface area contributed by atoms with E-state index in [1.54, 1.807) is 0 Å². The number of aliphatic hydroxyl groups excluding tert-OH is 1. The summed E-state index contributed by atoms with van der Waals surface area (Å²) in [5, 5.41) is 17.8. The Morgan fingerprint density at radius 2 is 1.40 bits per heavy atom. The Morgan fingerprint density at radius 1 is 0.774 bits per heavy atom. The summed E-state index contributed by atoms with van der Waals surface area (Å²) in [5.74, 6) is 0.286. The number of carbonyl (C=O) groups excluding carboxylic acids is 1. The number of nitrogens with zero attached hydrogens (tertiary/aromatic N) is 1. The van der Waals surface area contributed by atoms with Gasteiger partial charge in [-0.3, -0.25) is 9.78 Å². The predicted octanol–water partition coefficient (Wildman–Crippen LogP) is 14.3. The van der Waals surface area contributed by atoms with Crippen molar-refractivity contribution in [2.24, 2.45) is 21.7 Å². The van der Waals surface area contributed by atoms with Crippen LogP contribution in [0.25, 0.3) is 43.6 Å². The minimum absolute atomic E-state index is 0. The number of aromatic nitrogens is 1. The van der Waals surface area contributed by atoms with Crippen molar-refractivity contribution in [2.45, 2.75) is 131 Å². The maximum atomic E-state index is 12.2. The molecule has 1 aliphatic heterocycles. The van der Waals surface area contributed by atoms with Crippen molar-refractivity contribution in [2.75, 3.05) is 0 Å². The van der Waals surface area contributed by atoms with Crippen LogP contribution in [0.1, 0.15) is 120 Å². The number of benzene rings is 4. The maximum Gasteiger partial charge on any atom is 0.164 e. The van der Waals surface area contributed by atoms with Crippen LogP contribution >= 0.6 is 11.8 Å². The summed E-state index contributed by atoms with van der Waals surface area (Å²) in [4.78, 5) is 19.8. The molecule has 0 unspecified atom stereocenters. The average molecular weight is 907 g/mol. The molecule has 5 aromatic rings. The Balaban J connectivity index is 0.000000299. The monoisotopic (exact) mass is 907 g/mol. The molecule has 0 fully saturated rings. The van der Waals surface area contributed by atoms with Gasteiger partial charge in [-0.15, -0.1) is 29.3 Å². The van der Waals surface area contributed by atoms with Gasteiger partial charge in [0.05, 0.1) is 0 Å². The summed E-state index contributed by atoms with van der Waals surface area (Å²) in [6.07, 6.45) is 8.83. The van der Waals surface area contributed by atoms with Gasteiger partial charge < -0.3 is 5.11 Å². The molecular weight excluding hydrogens is 847 g/mol. The molecule has 2 heterocycles. The van der Waals surface area contributed by atoms with Crippen LogP contribution in [-0.2, 0) is 37.7 Å². The van der Waals surface area contributed by atoms with Crippen LogP contribution < -0.4 is 0 Å². The van der Waals surface area contributed by atoms with Crippen LogP contribution in [0.3, 0.4) is 0 Å². The largest absolute Gasteiger partial charge is 0.512 e. The molecule has 3 nitrogen and oxygen atoms in total. The molecule has 5 heteroatoms. The normalized spacial score (nSPS) is 13.4. The van der Waals surface area contributed by atoms with Crippen molar-refractivity contribution < 1.29 is 30.0 Å². The number of hydrogen-bond acceptors (Lipinski definition) is 4. The topological polar surface area (TPSA) is 50.2 Å². The molecule has 0 bridgehead atoms. The molecule has 0 aliphatic carbocycles. The summed E-state index contributed by atoms with van der Waals surface area (Å²) in [7, 11) is 0. The first kappa shape index (κ1) is 42.8. The Labute approximate surface area is 337 Å². The SMILES string of the molecule is CC(C)(C)Cc1ccc2cc3c4c(nccc4c2c1)-c1[c-]c2ccccc2c(CC(C)(C)C)c1S3.CCC(C)(CC)C(=O)/C=C(\O)C(C)(CC)CC.[Ir]. The number of rotatable bonds is 9. The molecule has 6 rings (SSSR count). The second kappa shape index (κ2) is 16.4. The smallest absolute Gasteiger partial charge is 0.164 e. The van der Waals surface area contributed by atoms with Gasteiger partial charge in [0.1, 0.15) is 5.76 Å². The van der Waals surface area contributed by atoms with Crippen LogP contribution in [0.5, 0.6) is 0 Å². The molecule has 285 valence electrons. The average Bonchev–Trinajstić information content (AvgIpc) is 3.10. The van der Waals surface area contributed by atoms with Crippen molar-refractivity contribution in [1.82, 2.24) is 4.98 Å². The van der Waals surface area contributed by atoms with Crippen molar-refractivity contribution in [3.63, 3.8) is 0 Å². The van der Waals surface area contributed by atoms with Crippen LogP contribution in [0.2, 0.25) is 0 Å². The van der Waals surface area contributed by atoms with Gasteiger partial charge in [-0.1, -0.05) is 136 Å². The van der Waals surface area contributed by atoms with E-state index >= 15 is 0 Å². The van der Waals surface area contributed by atoms with Gasteiger partial charge in [0, 0.05) is 53.8 Å². The third kappa shape index (κ3) is 9.12. The number of aliphatic hydroxyl groups is 1. The van der Waals surface area contributed by atoms with Gasteiger partial charge in [-0.2, -0.15) is 0 Å². The van der Waals surface area contributed by atoms with E-state index in [0.717, 1.165) is 49.8 Å². The Morgan fingerprint density at radius 3 is 2.00 bits per heavy atom. The number of allylic oxidation sites excluding steroid dienone is 2. The third-order valence-electron chi connectivity index (χ3n) is 11.4. The Bertz CT molecular complexity index is 2140. The molecule has 1 aromatic heterocycles. The molecule has 4 aromatic carbocycles. The van der Waals surface area contributed by atoms with E-state index in [1.807, 2.05) is 59.5 Å². The zero-order valence-corrected chi connectivity index (χ0v) is 37.3. The fourth-order valence-corrected chi connectivity index (χ4v) is 8.47. The maximum absolute atomic E-state index is 12.2. The fourth-order valence-electron chi connectivity index (χ4n) is 7.20. The second-order valence-corrected chi connectivity index (χ2v) is 18.9. The van der Waals surface area contributed by atoms with E-state index in [2.05, 4.69) is 102 Å². The van der Waals surface area contributed by atoms with Gasteiger partial charge in [0.2, 0.25) is 0 Å². The molecule has 53 heavy (non-hydrogen) atoms.